The maximum atomic E-state index is 12.4. The van der Waals surface area contributed by atoms with Gasteiger partial charge in [-0.3, -0.25) is 4.79 Å². The number of methoxy groups -OCH3 is 1. The van der Waals surface area contributed by atoms with E-state index in [9.17, 15) is 4.79 Å². The quantitative estimate of drug-likeness (QED) is 0.572. The summed E-state index contributed by atoms with van der Waals surface area (Å²) in [7, 11) is 7.35. The van der Waals surface area contributed by atoms with Gasteiger partial charge in [0.1, 0.15) is 30.5 Å². The molecule has 5 nitrogen and oxygen atoms in total. The summed E-state index contributed by atoms with van der Waals surface area (Å²) in [5.41, 5.74) is 1.88. The van der Waals surface area contributed by atoms with Gasteiger partial charge in [0, 0.05) is 10.9 Å². The van der Waals surface area contributed by atoms with Crippen molar-refractivity contribution in [3.05, 3.63) is 51.8 Å². The fourth-order valence-corrected chi connectivity index (χ4v) is 2.94. The Morgan fingerprint density at radius 1 is 1.29 bits per heavy atom. The SMILES string of the molecule is [B]c1ccc2oc3c(=O)[nH]c(-c4cccc(OC)c4Cl)nc3c2c1. The van der Waals surface area contributed by atoms with Gasteiger partial charge in [-0.1, -0.05) is 35.3 Å². The van der Waals surface area contributed by atoms with Crippen LogP contribution >= 0.6 is 11.6 Å². The van der Waals surface area contributed by atoms with Crippen LogP contribution in [0.2, 0.25) is 5.02 Å². The van der Waals surface area contributed by atoms with Crippen LogP contribution in [0, 0.1) is 0 Å². The van der Waals surface area contributed by atoms with E-state index in [-0.39, 0.29) is 11.1 Å². The first-order valence-electron chi connectivity index (χ1n) is 7.13. The van der Waals surface area contributed by atoms with Crippen molar-refractivity contribution < 1.29 is 9.15 Å². The predicted molar refractivity (Wildman–Crippen MR) is 94.5 cm³/mol. The van der Waals surface area contributed by atoms with E-state index in [1.165, 1.54) is 7.11 Å². The molecule has 0 saturated carbocycles. The third-order valence-corrected chi connectivity index (χ3v) is 4.18. The minimum absolute atomic E-state index is 0.151. The standard InChI is InChI=1S/C17H10BClN2O3/c1-23-12-4-2-3-9(13(12)19)16-20-14-10-7-8(18)5-6-11(10)24-15(14)17(22)21-16/h2-7H,1H3,(H,20,21,22). The third-order valence-electron chi connectivity index (χ3n) is 3.79. The Kier molecular flexibility index (Phi) is 3.35. The molecule has 2 aromatic heterocycles. The van der Waals surface area contributed by atoms with Crippen molar-refractivity contribution in [1.82, 2.24) is 9.97 Å². The van der Waals surface area contributed by atoms with E-state index in [2.05, 4.69) is 9.97 Å². The number of nitrogens with zero attached hydrogens (tertiary/aromatic N) is 1. The van der Waals surface area contributed by atoms with E-state index in [1.807, 2.05) is 0 Å². The zero-order valence-corrected chi connectivity index (χ0v) is 13.3. The van der Waals surface area contributed by atoms with Gasteiger partial charge in [-0.15, -0.1) is 0 Å². The second-order valence-electron chi connectivity index (χ2n) is 5.27. The third kappa shape index (κ3) is 2.19. The molecule has 0 atom stereocenters. The fourth-order valence-electron chi connectivity index (χ4n) is 2.65. The van der Waals surface area contributed by atoms with Gasteiger partial charge in [-0.05, 0) is 18.2 Å². The molecule has 0 bridgehead atoms. The summed E-state index contributed by atoms with van der Waals surface area (Å²) in [6.45, 7) is 0. The zero-order valence-electron chi connectivity index (χ0n) is 12.6. The van der Waals surface area contributed by atoms with Crippen molar-refractivity contribution in [2.75, 3.05) is 7.11 Å². The molecule has 0 aliphatic rings. The lowest BCUT2D eigenvalue weighted by Gasteiger charge is -2.07. The minimum Gasteiger partial charge on any atom is -0.495 e. The smallest absolute Gasteiger partial charge is 0.294 e. The number of aromatic amines is 1. The molecule has 4 rings (SSSR count). The first-order valence-corrected chi connectivity index (χ1v) is 7.51. The van der Waals surface area contributed by atoms with Gasteiger partial charge in [0.05, 0.1) is 12.1 Å². The summed E-state index contributed by atoms with van der Waals surface area (Å²) in [4.78, 5) is 19.6. The molecular weight excluding hydrogens is 326 g/mol. The van der Waals surface area contributed by atoms with Crippen LogP contribution in [0.3, 0.4) is 0 Å². The fraction of sp³-hybridized carbons (Fsp3) is 0.0588. The van der Waals surface area contributed by atoms with Crippen LogP contribution < -0.4 is 15.8 Å². The number of H-pyrrole nitrogens is 1. The van der Waals surface area contributed by atoms with Gasteiger partial charge in [-0.2, -0.15) is 0 Å². The van der Waals surface area contributed by atoms with Gasteiger partial charge >= 0.3 is 0 Å². The Hall–Kier alpha value is -2.73. The van der Waals surface area contributed by atoms with Crippen LogP contribution in [0.1, 0.15) is 0 Å². The largest absolute Gasteiger partial charge is 0.495 e. The van der Waals surface area contributed by atoms with Crippen LogP contribution in [0.25, 0.3) is 33.5 Å². The van der Waals surface area contributed by atoms with Gasteiger partial charge in [-0.25, -0.2) is 4.98 Å². The maximum absolute atomic E-state index is 12.4. The van der Waals surface area contributed by atoms with Crippen LogP contribution in [0.5, 0.6) is 5.75 Å². The summed E-state index contributed by atoms with van der Waals surface area (Å²) in [5, 5.41) is 1.05. The molecule has 0 aliphatic carbocycles. The summed E-state index contributed by atoms with van der Waals surface area (Å²) in [5.74, 6) is 0.833. The molecule has 7 heteroatoms. The van der Waals surface area contributed by atoms with Gasteiger partial charge < -0.3 is 14.1 Å². The normalized spacial score (nSPS) is 11.2. The lowest BCUT2D eigenvalue weighted by molar-refractivity contribution is 0.415. The van der Waals surface area contributed by atoms with E-state index in [4.69, 9.17) is 28.6 Å². The van der Waals surface area contributed by atoms with E-state index in [0.717, 1.165) is 0 Å². The van der Waals surface area contributed by atoms with Crippen molar-refractivity contribution in [3.8, 4) is 17.1 Å². The van der Waals surface area contributed by atoms with Crippen LogP contribution in [-0.4, -0.2) is 24.9 Å². The first kappa shape index (κ1) is 14.8. The van der Waals surface area contributed by atoms with E-state index in [1.54, 1.807) is 36.4 Å². The molecule has 4 aromatic rings. The highest BCUT2D eigenvalue weighted by atomic mass is 35.5. The Morgan fingerprint density at radius 3 is 2.92 bits per heavy atom. The number of nitrogens with one attached hydrogen (secondary N) is 1. The lowest BCUT2D eigenvalue weighted by Crippen LogP contribution is -2.08. The second-order valence-corrected chi connectivity index (χ2v) is 5.65. The summed E-state index contributed by atoms with van der Waals surface area (Å²) in [6.07, 6.45) is 0. The Bertz CT molecular complexity index is 1150. The monoisotopic (exact) mass is 336 g/mol. The Labute approximate surface area is 142 Å². The number of hydrogen-bond donors (Lipinski definition) is 1. The number of ether oxygens (including phenoxy) is 1. The molecule has 0 saturated heterocycles. The Morgan fingerprint density at radius 2 is 2.12 bits per heavy atom. The molecular formula is C17H10BClN2O3. The minimum atomic E-state index is -0.386. The molecule has 0 unspecified atom stereocenters. The zero-order chi connectivity index (χ0) is 16.8. The average Bonchev–Trinajstić information content (AvgIpc) is 2.94. The lowest BCUT2D eigenvalue weighted by atomic mass is 9.95. The number of benzene rings is 2. The molecule has 116 valence electrons. The molecule has 2 aromatic carbocycles. The van der Waals surface area contributed by atoms with Crippen molar-refractivity contribution >= 4 is 47.0 Å². The topological polar surface area (TPSA) is 68.1 Å². The molecule has 24 heavy (non-hydrogen) atoms. The predicted octanol–water partition coefficient (Wildman–Crippen LogP) is 2.79. The highest BCUT2D eigenvalue weighted by Gasteiger charge is 2.16. The molecule has 0 amide bonds. The van der Waals surface area contributed by atoms with Crippen LogP contribution in [-0.2, 0) is 0 Å². The number of fused-ring (bicyclic) bond motifs is 3. The van der Waals surface area contributed by atoms with Gasteiger partial charge in [0.25, 0.3) is 5.56 Å². The number of rotatable bonds is 2. The summed E-state index contributed by atoms with van der Waals surface area (Å²) in [6, 6.07) is 10.4. The first-order chi connectivity index (χ1) is 11.6. The van der Waals surface area contributed by atoms with E-state index in [0.29, 0.717) is 44.1 Å². The molecule has 0 aliphatic heterocycles. The molecule has 0 spiro atoms. The highest BCUT2D eigenvalue weighted by Crippen LogP contribution is 2.34. The number of aromatic nitrogens is 2. The highest BCUT2D eigenvalue weighted by molar-refractivity contribution is 6.35. The van der Waals surface area contributed by atoms with E-state index >= 15 is 0 Å². The molecule has 1 N–H and O–H groups in total. The molecule has 2 heterocycles. The van der Waals surface area contributed by atoms with Crippen LogP contribution in [0.4, 0.5) is 0 Å². The van der Waals surface area contributed by atoms with Crippen molar-refractivity contribution in [1.29, 1.82) is 0 Å². The second kappa shape index (κ2) is 5.42. The van der Waals surface area contributed by atoms with Crippen molar-refractivity contribution in [2.24, 2.45) is 0 Å². The summed E-state index contributed by atoms with van der Waals surface area (Å²) >= 11 is 6.33. The summed E-state index contributed by atoms with van der Waals surface area (Å²) < 4.78 is 10.8. The average molecular weight is 337 g/mol. The van der Waals surface area contributed by atoms with Crippen molar-refractivity contribution in [3.63, 3.8) is 0 Å². The Balaban J connectivity index is 2.06. The van der Waals surface area contributed by atoms with Gasteiger partial charge in [0.15, 0.2) is 0 Å². The number of halogens is 1. The molecule has 2 radical (unpaired) electrons. The maximum Gasteiger partial charge on any atom is 0.294 e. The van der Waals surface area contributed by atoms with Crippen molar-refractivity contribution in [2.45, 2.75) is 0 Å². The van der Waals surface area contributed by atoms with Gasteiger partial charge in [0.2, 0.25) is 5.58 Å². The van der Waals surface area contributed by atoms with E-state index < -0.39 is 0 Å². The number of furan rings is 1. The number of hydrogen-bond acceptors (Lipinski definition) is 4. The van der Waals surface area contributed by atoms with Crippen LogP contribution in [0.15, 0.2) is 45.6 Å². The molecule has 0 fully saturated rings.